The minimum Gasteiger partial charge on any atom is -0.240 e. The molecule has 6 heteroatoms. The van der Waals surface area contributed by atoms with Crippen molar-refractivity contribution in [1.82, 2.24) is 8.96 Å². The third kappa shape index (κ3) is 2.01. The van der Waals surface area contributed by atoms with Crippen LogP contribution in [0.5, 0.6) is 0 Å². The van der Waals surface area contributed by atoms with Crippen LogP contribution in [0.2, 0.25) is 5.15 Å². The summed E-state index contributed by atoms with van der Waals surface area (Å²) in [6.45, 7) is 0. The van der Waals surface area contributed by atoms with Gasteiger partial charge in [0.2, 0.25) is 0 Å². The third-order valence-electron chi connectivity index (χ3n) is 2.77. The summed E-state index contributed by atoms with van der Waals surface area (Å²) in [6.07, 6.45) is 1.48. The Balaban J connectivity index is 2.25. The fraction of sp³-hybridized carbons (Fsp3) is 0. The summed E-state index contributed by atoms with van der Waals surface area (Å²) in [6, 6.07) is 13.1. The average molecular weight is 293 g/mol. The predicted molar refractivity (Wildman–Crippen MR) is 73.8 cm³/mol. The van der Waals surface area contributed by atoms with Crippen molar-refractivity contribution in [3.63, 3.8) is 0 Å². The molecule has 0 saturated carbocycles. The van der Waals surface area contributed by atoms with E-state index in [0.29, 0.717) is 16.2 Å². The summed E-state index contributed by atoms with van der Waals surface area (Å²) in [7, 11) is -3.60. The molecule has 96 valence electrons. The lowest BCUT2D eigenvalue weighted by Crippen LogP contribution is -2.11. The average Bonchev–Trinajstić information content (AvgIpc) is 2.83. The Morgan fingerprint density at radius 3 is 2.47 bits per heavy atom. The van der Waals surface area contributed by atoms with Gasteiger partial charge in [0.1, 0.15) is 5.15 Å². The van der Waals surface area contributed by atoms with Gasteiger partial charge in [-0.2, -0.15) is 0 Å². The Labute approximate surface area is 115 Å². The molecule has 0 atom stereocenters. The van der Waals surface area contributed by atoms with Crippen molar-refractivity contribution in [2.45, 2.75) is 4.90 Å². The molecule has 0 aliphatic carbocycles. The van der Waals surface area contributed by atoms with Crippen molar-refractivity contribution in [2.24, 2.45) is 0 Å². The first-order valence-electron chi connectivity index (χ1n) is 5.53. The lowest BCUT2D eigenvalue weighted by Gasteiger charge is -2.07. The van der Waals surface area contributed by atoms with E-state index in [1.165, 1.54) is 10.2 Å². The van der Waals surface area contributed by atoms with Crippen LogP contribution in [0.3, 0.4) is 0 Å². The maximum atomic E-state index is 12.5. The van der Waals surface area contributed by atoms with Crippen LogP contribution in [0.4, 0.5) is 0 Å². The second-order valence-electron chi connectivity index (χ2n) is 3.97. The summed E-state index contributed by atoms with van der Waals surface area (Å²) in [5, 5.41) is 0.336. The second-order valence-corrected chi connectivity index (χ2v) is 6.17. The predicted octanol–water partition coefficient (Wildman–Crippen LogP) is 2.93. The monoisotopic (exact) mass is 292 g/mol. The first-order valence-corrected chi connectivity index (χ1v) is 7.35. The zero-order valence-electron chi connectivity index (χ0n) is 9.69. The summed E-state index contributed by atoms with van der Waals surface area (Å²) in [5.41, 5.74) is 1.06. The summed E-state index contributed by atoms with van der Waals surface area (Å²) >= 11 is 5.79. The van der Waals surface area contributed by atoms with E-state index in [9.17, 15) is 8.42 Å². The molecule has 0 amide bonds. The highest BCUT2D eigenvalue weighted by Crippen LogP contribution is 2.22. The Morgan fingerprint density at radius 1 is 1.00 bits per heavy atom. The quantitative estimate of drug-likeness (QED) is 0.682. The summed E-state index contributed by atoms with van der Waals surface area (Å²) in [5.74, 6) is 0. The zero-order valence-corrected chi connectivity index (χ0v) is 11.3. The van der Waals surface area contributed by atoms with Gasteiger partial charge in [0.05, 0.1) is 15.9 Å². The molecule has 0 spiro atoms. The minimum absolute atomic E-state index is 0.238. The number of pyridine rings is 1. The molecule has 0 aliphatic heterocycles. The fourth-order valence-electron chi connectivity index (χ4n) is 1.89. The van der Waals surface area contributed by atoms with Crippen molar-refractivity contribution >= 4 is 32.7 Å². The van der Waals surface area contributed by atoms with Gasteiger partial charge >= 0.3 is 0 Å². The van der Waals surface area contributed by atoms with Gasteiger partial charge in [-0.3, -0.25) is 0 Å². The molecule has 0 N–H and O–H groups in total. The maximum Gasteiger partial charge on any atom is 0.268 e. The van der Waals surface area contributed by atoms with Crippen molar-refractivity contribution in [1.29, 1.82) is 0 Å². The van der Waals surface area contributed by atoms with Gasteiger partial charge < -0.3 is 0 Å². The van der Waals surface area contributed by atoms with Crippen LogP contribution in [0, 0.1) is 0 Å². The molecule has 0 radical (unpaired) electrons. The molecule has 2 heterocycles. The van der Waals surface area contributed by atoms with Gasteiger partial charge in [0, 0.05) is 6.20 Å². The summed E-state index contributed by atoms with van der Waals surface area (Å²) < 4.78 is 26.2. The van der Waals surface area contributed by atoms with Gasteiger partial charge in [0.15, 0.2) is 0 Å². The number of hydrogen-bond donors (Lipinski definition) is 0. The van der Waals surface area contributed by atoms with Crippen LogP contribution >= 0.6 is 11.6 Å². The van der Waals surface area contributed by atoms with Gasteiger partial charge in [-0.15, -0.1) is 0 Å². The van der Waals surface area contributed by atoms with E-state index in [1.807, 2.05) is 0 Å². The highest BCUT2D eigenvalue weighted by Gasteiger charge is 2.18. The van der Waals surface area contributed by atoms with E-state index in [4.69, 9.17) is 11.6 Å². The highest BCUT2D eigenvalue weighted by molar-refractivity contribution is 7.90. The second kappa shape index (κ2) is 4.36. The third-order valence-corrected chi connectivity index (χ3v) is 4.69. The van der Waals surface area contributed by atoms with Gasteiger partial charge in [-0.1, -0.05) is 29.8 Å². The molecule has 0 unspecified atom stereocenters. The molecule has 3 aromatic rings. The van der Waals surface area contributed by atoms with E-state index in [2.05, 4.69) is 4.98 Å². The number of rotatable bonds is 2. The van der Waals surface area contributed by atoms with Crippen molar-refractivity contribution < 1.29 is 8.42 Å². The maximum absolute atomic E-state index is 12.5. The largest absolute Gasteiger partial charge is 0.268 e. The van der Waals surface area contributed by atoms with Crippen LogP contribution in [-0.2, 0) is 10.0 Å². The Bertz CT molecular complexity index is 841. The first kappa shape index (κ1) is 12.2. The van der Waals surface area contributed by atoms with E-state index in [1.54, 1.807) is 48.5 Å². The van der Waals surface area contributed by atoms with E-state index >= 15 is 0 Å². The Hall–Kier alpha value is -1.85. The van der Waals surface area contributed by atoms with E-state index < -0.39 is 10.0 Å². The minimum atomic E-state index is -3.60. The number of fused-ring (bicyclic) bond motifs is 1. The number of aromatic nitrogens is 2. The molecule has 3 rings (SSSR count). The van der Waals surface area contributed by atoms with Crippen molar-refractivity contribution in [3.8, 4) is 0 Å². The first-order chi connectivity index (χ1) is 9.09. The van der Waals surface area contributed by atoms with Crippen LogP contribution < -0.4 is 0 Å². The standard InChI is InChI=1S/C13H9ClN2O2S/c14-13-7-6-12-11(15-13)8-9-16(12)19(17,18)10-4-2-1-3-5-10/h1-9H. The van der Waals surface area contributed by atoms with Crippen molar-refractivity contribution in [3.05, 3.63) is 59.9 Å². The lowest BCUT2D eigenvalue weighted by molar-refractivity contribution is 0.589. The lowest BCUT2D eigenvalue weighted by atomic mass is 10.4. The van der Waals surface area contributed by atoms with Gasteiger partial charge in [0.25, 0.3) is 10.0 Å². The number of benzene rings is 1. The van der Waals surface area contributed by atoms with E-state index in [0.717, 1.165) is 0 Å². The SMILES string of the molecule is O=S(=O)(c1ccccc1)n1ccc2nc(Cl)ccc21. The number of nitrogens with zero attached hydrogens (tertiary/aromatic N) is 2. The van der Waals surface area contributed by atoms with Gasteiger partial charge in [-0.25, -0.2) is 17.4 Å². The smallest absolute Gasteiger partial charge is 0.240 e. The number of halogens is 1. The Morgan fingerprint density at radius 2 is 1.74 bits per heavy atom. The van der Waals surface area contributed by atoms with Crippen LogP contribution in [0.1, 0.15) is 0 Å². The molecule has 0 saturated heterocycles. The molecule has 0 aliphatic rings. The topological polar surface area (TPSA) is 52.0 Å². The fourth-order valence-corrected chi connectivity index (χ4v) is 3.40. The van der Waals surface area contributed by atoms with Crippen LogP contribution in [0.25, 0.3) is 11.0 Å². The van der Waals surface area contributed by atoms with Crippen molar-refractivity contribution in [2.75, 3.05) is 0 Å². The number of hydrogen-bond acceptors (Lipinski definition) is 3. The normalized spacial score (nSPS) is 11.8. The molecule has 4 nitrogen and oxygen atoms in total. The molecule has 0 bridgehead atoms. The van der Waals surface area contributed by atoms with Crippen LogP contribution in [-0.4, -0.2) is 17.4 Å². The van der Waals surface area contributed by atoms with E-state index in [-0.39, 0.29) is 4.90 Å². The van der Waals surface area contributed by atoms with Gasteiger partial charge in [-0.05, 0) is 30.3 Å². The summed E-state index contributed by atoms with van der Waals surface area (Å²) in [4.78, 5) is 4.32. The molecule has 0 fully saturated rings. The van der Waals surface area contributed by atoms with Crippen LogP contribution in [0.15, 0.2) is 59.6 Å². The highest BCUT2D eigenvalue weighted by atomic mass is 35.5. The molecule has 1 aromatic carbocycles. The Kier molecular flexibility index (Phi) is 2.80. The molecule has 19 heavy (non-hydrogen) atoms. The molecule has 2 aromatic heterocycles. The molecular formula is C13H9ClN2O2S. The zero-order chi connectivity index (χ0) is 13.5. The molecular weight excluding hydrogens is 284 g/mol.